The number of fused-ring (bicyclic) bond motifs is 1. The summed E-state index contributed by atoms with van der Waals surface area (Å²) >= 11 is 0. The first-order valence-electron chi connectivity index (χ1n) is 10.9. The highest BCUT2D eigenvalue weighted by atomic mass is 16.3. The summed E-state index contributed by atoms with van der Waals surface area (Å²) in [6.07, 6.45) is 1.79. The maximum absolute atomic E-state index is 10.0. The second-order valence-corrected chi connectivity index (χ2v) is 8.07. The molecule has 0 amide bonds. The van der Waals surface area contributed by atoms with Crippen molar-refractivity contribution >= 4 is 22.3 Å². The second kappa shape index (κ2) is 8.76. The summed E-state index contributed by atoms with van der Waals surface area (Å²) in [6.45, 7) is 1.95. The topological polar surface area (TPSA) is 99.8 Å². The fourth-order valence-electron chi connectivity index (χ4n) is 4.12. The van der Waals surface area contributed by atoms with E-state index < -0.39 is 0 Å². The second-order valence-electron chi connectivity index (χ2n) is 8.07. The number of aromatic nitrogens is 3. The van der Waals surface area contributed by atoms with Crippen molar-refractivity contribution in [3.05, 3.63) is 96.3 Å². The van der Waals surface area contributed by atoms with Crippen LogP contribution < -0.4 is 11.1 Å². The molecule has 0 spiro atoms. The molecule has 0 aliphatic carbocycles. The summed E-state index contributed by atoms with van der Waals surface area (Å²) in [6, 6.07) is 25.7. The molecule has 164 valence electrons. The average Bonchev–Trinajstić information content (AvgIpc) is 3.23. The Labute approximate surface area is 192 Å². The molecule has 0 saturated heterocycles. The monoisotopic (exact) mass is 435 g/mol. The van der Waals surface area contributed by atoms with Gasteiger partial charge in [0.05, 0.1) is 41.4 Å². The van der Waals surface area contributed by atoms with Gasteiger partial charge >= 0.3 is 0 Å². The van der Waals surface area contributed by atoms with Crippen LogP contribution in [0.1, 0.15) is 17.3 Å². The van der Waals surface area contributed by atoms with Crippen molar-refractivity contribution in [2.45, 2.75) is 13.0 Å². The number of nitrogens with one attached hydrogen (secondary N) is 2. The van der Waals surface area contributed by atoms with E-state index in [1.165, 1.54) is 0 Å². The van der Waals surface area contributed by atoms with Crippen LogP contribution in [0.5, 0.6) is 0 Å². The molecule has 1 unspecified atom stereocenters. The van der Waals surface area contributed by atoms with Gasteiger partial charge in [-0.3, -0.25) is 10.1 Å². The number of nitrogen functional groups attached to an aromatic ring is 1. The molecule has 33 heavy (non-hydrogen) atoms. The number of hydrogen-bond donors (Lipinski definition) is 4. The Kier molecular flexibility index (Phi) is 5.50. The molecule has 5 N–H and O–H groups in total. The van der Waals surface area contributed by atoms with Crippen LogP contribution in [0.4, 0.5) is 11.4 Å². The molecular weight excluding hydrogens is 410 g/mol. The van der Waals surface area contributed by atoms with Crippen molar-refractivity contribution in [3.63, 3.8) is 0 Å². The molecule has 0 saturated carbocycles. The molecule has 3 aromatic carbocycles. The molecule has 0 bridgehead atoms. The summed E-state index contributed by atoms with van der Waals surface area (Å²) in [5.74, 6) is 0. The Hall–Kier alpha value is -4.16. The van der Waals surface area contributed by atoms with E-state index in [2.05, 4.69) is 33.7 Å². The van der Waals surface area contributed by atoms with Crippen LogP contribution in [0, 0.1) is 6.92 Å². The molecule has 0 aliphatic heterocycles. The van der Waals surface area contributed by atoms with Crippen LogP contribution in [0.3, 0.4) is 0 Å². The molecule has 0 radical (unpaired) electrons. The van der Waals surface area contributed by atoms with E-state index >= 15 is 0 Å². The standard InChI is InChI=1S/C27H25N5O/c1-17-22-13-19(11-12-25(22)32-31-17)23-14-20(30-26(16-33)18-7-3-2-4-8-18)15-29-27(23)21-9-5-6-10-24(21)28/h2-15,26,30,33H,16,28H2,1H3,(H,31,32). The lowest BCUT2D eigenvalue weighted by Gasteiger charge is -2.20. The van der Waals surface area contributed by atoms with Gasteiger partial charge in [-0.15, -0.1) is 0 Å². The van der Waals surface area contributed by atoms with Crippen molar-refractivity contribution in [1.82, 2.24) is 15.2 Å². The van der Waals surface area contributed by atoms with Crippen LogP contribution in [0.2, 0.25) is 0 Å². The van der Waals surface area contributed by atoms with Crippen molar-refractivity contribution in [3.8, 4) is 22.4 Å². The predicted octanol–water partition coefficient (Wildman–Crippen LogP) is 5.33. The third-order valence-electron chi connectivity index (χ3n) is 5.89. The van der Waals surface area contributed by atoms with Crippen LogP contribution in [0.25, 0.3) is 33.3 Å². The normalized spacial score (nSPS) is 12.1. The number of benzene rings is 3. The zero-order chi connectivity index (χ0) is 22.8. The first-order valence-corrected chi connectivity index (χ1v) is 10.9. The first kappa shape index (κ1) is 20.7. The number of aliphatic hydroxyl groups excluding tert-OH is 1. The van der Waals surface area contributed by atoms with Crippen molar-refractivity contribution in [2.24, 2.45) is 0 Å². The Morgan fingerprint density at radius 2 is 1.76 bits per heavy atom. The molecule has 0 aliphatic rings. The Morgan fingerprint density at radius 1 is 0.970 bits per heavy atom. The Balaban J connectivity index is 1.63. The van der Waals surface area contributed by atoms with Gasteiger partial charge < -0.3 is 16.2 Å². The van der Waals surface area contributed by atoms with Gasteiger partial charge in [-0.05, 0) is 42.3 Å². The summed E-state index contributed by atoms with van der Waals surface area (Å²) in [5.41, 5.74) is 14.4. The van der Waals surface area contributed by atoms with Crippen molar-refractivity contribution in [1.29, 1.82) is 0 Å². The molecule has 0 fully saturated rings. The minimum absolute atomic E-state index is 0.0348. The van der Waals surface area contributed by atoms with Gasteiger partial charge in [0.15, 0.2) is 0 Å². The number of aliphatic hydroxyl groups is 1. The molecule has 2 aromatic heterocycles. The zero-order valence-electron chi connectivity index (χ0n) is 18.3. The van der Waals surface area contributed by atoms with E-state index in [-0.39, 0.29) is 12.6 Å². The number of nitrogens with two attached hydrogens (primary N) is 1. The van der Waals surface area contributed by atoms with Crippen molar-refractivity contribution < 1.29 is 5.11 Å². The minimum Gasteiger partial charge on any atom is -0.398 e. The van der Waals surface area contributed by atoms with Gasteiger partial charge in [0, 0.05) is 22.2 Å². The van der Waals surface area contributed by atoms with E-state index in [0.717, 1.165) is 50.2 Å². The first-order chi connectivity index (χ1) is 16.1. The van der Waals surface area contributed by atoms with Gasteiger partial charge in [-0.1, -0.05) is 54.6 Å². The number of nitrogens with zero attached hydrogens (tertiary/aromatic N) is 2. The van der Waals surface area contributed by atoms with Crippen LogP contribution in [-0.2, 0) is 0 Å². The van der Waals surface area contributed by atoms with Gasteiger partial charge in [-0.2, -0.15) is 5.10 Å². The lowest BCUT2D eigenvalue weighted by atomic mass is 9.96. The summed E-state index contributed by atoms with van der Waals surface area (Å²) in [5, 5.41) is 21.9. The molecule has 6 heteroatoms. The number of pyridine rings is 1. The zero-order valence-corrected chi connectivity index (χ0v) is 18.3. The SMILES string of the molecule is Cc1n[nH]c2ccc(-c3cc(NC(CO)c4ccccc4)cnc3-c3ccccc3N)cc12. The van der Waals surface area contributed by atoms with E-state index in [1.807, 2.05) is 67.6 Å². The maximum atomic E-state index is 10.0. The van der Waals surface area contributed by atoms with Crippen LogP contribution >= 0.6 is 0 Å². The smallest absolute Gasteiger partial charge is 0.0802 e. The summed E-state index contributed by atoms with van der Waals surface area (Å²) < 4.78 is 0. The van der Waals surface area contributed by atoms with Crippen molar-refractivity contribution in [2.75, 3.05) is 17.7 Å². The highest BCUT2D eigenvalue weighted by Gasteiger charge is 2.16. The van der Waals surface area contributed by atoms with Gasteiger partial charge in [0.25, 0.3) is 0 Å². The van der Waals surface area contributed by atoms with Gasteiger partial charge in [-0.25, -0.2) is 0 Å². The molecule has 2 heterocycles. The third kappa shape index (κ3) is 4.04. The third-order valence-corrected chi connectivity index (χ3v) is 5.89. The molecule has 6 nitrogen and oxygen atoms in total. The van der Waals surface area contributed by atoms with Crippen LogP contribution in [-0.4, -0.2) is 26.9 Å². The Bertz CT molecular complexity index is 1410. The predicted molar refractivity (Wildman–Crippen MR) is 134 cm³/mol. The number of para-hydroxylation sites is 1. The summed E-state index contributed by atoms with van der Waals surface area (Å²) in [4.78, 5) is 4.81. The number of hydrogen-bond acceptors (Lipinski definition) is 5. The summed E-state index contributed by atoms with van der Waals surface area (Å²) in [7, 11) is 0. The molecule has 5 rings (SSSR count). The number of aromatic amines is 1. The van der Waals surface area contributed by atoms with E-state index in [4.69, 9.17) is 10.7 Å². The lowest BCUT2D eigenvalue weighted by molar-refractivity contribution is 0.276. The molecule has 1 atom stereocenters. The van der Waals surface area contributed by atoms with E-state index in [0.29, 0.717) is 5.69 Å². The molecular formula is C27H25N5O. The molecule has 5 aromatic rings. The quantitative estimate of drug-likeness (QED) is 0.270. The fraction of sp³-hybridized carbons (Fsp3) is 0.111. The van der Waals surface area contributed by atoms with E-state index in [1.54, 1.807) is 6.20 Å². The van der Waals surface area contributed by atoms with Gasteiger partial charge in [0.2, 0.25) is 0 Å². The number of H-pyrrole nitrogens is 1. The average molecular weight is 436 g/mol. The highest BCUT2D eigenvalue weighted by molar-refractivity contribution is 5.92. The number of aryl methyl sites for hydroxylation is 1. The number of anilines is 2. The van der Waals surface area contributed by atoms with Crippen LogP contribution in [0.15, 0.2) is 85.1 Å². The fourth-order valence-corrected chi connectivity index (χ4v) is 4.12. The lowest BCUT2D eigenvalue weighted by Crippen LogP contribution is -2.15. The van der Waals surface area contributed by atoms with E-state index in [9.17, 15) is 5.11 Å². The maximum Gasteiger partial charge on any atom is 0.0802 e. The highest BCUT2D eigenvalue weighted by Crippen LogP contribution is 2.37. The minimum atomic E-state index is -0.243. The number of rotatable bonds is 6. The largest absolute Gasteiger partial charge is 0.398 e. The van der Waals surface area contributed by atoms with Gasteiger partial charge in [0.1, 0.15) is 0 Å². The Morgan fingerprint density at radius 3 is 2.55 bits per heavy atom.